The van der Waals surface area contributed by atoms with Gasteiger partial charge in [-0.05, 0) is 43.4 Å². The second kappa shape index (κ2) is 7.62. The van der Waals surface area contributed by atoms with Gasteiger partial charge < -0.3 is 19.5 Å². The fourth-order valence-electron chi connectivity index (χ4n) is 3.67. The smallest absolute Gasteiger partial charge is 0.325 e. The Morgan fingerprint density at radius 2 is 1.72 bits per heavy atom. The number of hydrogen-bond acceptors (Lipinski definition) is 5. The highest BCUT2D eigenvalue weighted by atomic mass is 16.5. The normalized spacial score (nSPS) is 20.3. The van der Waals surface area contributed by atoms with E-state index in [2.05, 4.69) is 4.90 Å². The number of ether oxygens (including phenoxy) is 2. The monoisotopic (exact) mass is 348 g/mol. The van der Waals surface area contributed by atoms with Crippen LogP contribution in [0, 0.1) is 12.8 Å². The van der Waals surface area contributed by atoms with Crippen molar-refractivity contribution < 1.29 is 19.4 Å². The van der Waals surface area contributed by atoms with E-state index in [4.69, 9.17) is 9.47 Å². The molecule has 25 heavy (non-hydrogen) atoms. The number of piperazine rings is 1. The van der Waals surface area contributed by atoms with Gasteiger partial charge in [0.25, 0.3) is 0 Å². The third-order valence-electron chi connectivity index (χ3n) is 5.18. The lowest BCUT2D eigenvalue weighted by molar-refractivity contribution is -0.144. The molecule has 1 N–H and O–H groups in total. The number of carbonyl (C=O) groups is 1. The third kappa shape index (κ3) is 4.07. The number of aryl methyl sites for hydroxylation is 1. The van der Waals surface area contributed by atoms with Gasteiger partial charge in [0.1, 0.15) is 17.5 Å². The number of methoxy groups -OCH3 is 2. The quantitative estimate of drug-likeness (QED) is 0.815. The molecular weight excluding hydrogens is 320 g/mol. The van der Waals surface area contributed by atoms with Gasteiger partial charge >= 0.3 is 5.97 Å². The molecule has 2 fully saturated rings. The highest BCUT2D eigenvalue weighted by molar-refractivity contribution is 5.78. The SMILES string of the molecule is COc1cc(C)cc(OC)c1[C@H](C(=O)O)N1CCN(CC2CC2)CC1. The van der Waals surface area contributed by atoms with Gasteiger partial charge in [0.2, 0.25) is 0 Å². The Morgan fingerprint density at radius 3 is 2.16 bits per heavy atom. The summed E-state index contributed by atoms with van der Waals surface area (Å²) < 4.78 is 11.0. The van der Waals surface area contributed by atoms with Crippen LogP contribution in [0.1, 0.15) is 30.0 Å². The van der Waals surface area contributed by atoms with Gasteiger partial charge in [0, 0.05) is 32.7 Å². The van der Waals surface area contributed by atoms with Crippen LogP contribution in [0.25, 0.3) is 0 Å². The maximum Gasteiger partial charge on any atom is 0.325 e. The Balaban J connectivity index is 1.83. The Labute approximate surface area is 149 Å². The summed E-state index contributed by atoms with van der Waals surface area (Å²) in [5.41, 5.74) is 1.59. The molecule has 1 heterocycles. The Bertz CT molecular complexity index is 597. The van der Waals surface area contributed by atoms with E-state index in [-0.39, 0.29) is 0 Å². The van der Waals surface area contributed by atoms with Crippen LogP contribution in [-0.2, 0) is 4.79 Å². The first-order chi connectivity index (χ1) is 12.0. The molecule has 2 aliphatic rings. The zero-order valence-corrected chi connectivity index (χ0v) is 15.3. The summed E-state index contributed by atoms with van der Waals surface area (Å²) in [5.74, 6) is 1.14. The summed E-state index contributed by atoms with van der Waals surface area (Å²) in [6.07, 6.45) is 2.69. The Hall–Kier alpha value is -1.79. The number of nitrogens with zero attached hydrogens (tertiary/aromatic N) is 2. The van der Waals surface area contributed by atoms with E-state index in [1.165, 1.54) is 12.8 Å². The maximum atomic E-state index is 12.1. The van der Waals surface area contributed by atoms with Gasteiger partial charge in [-0.15, -0.1) is 0 Å². The predicted molar refractivity (Wildman–Crippen MR) is 95.4 cm³/mol. The summed E-state index contributed by atoms with van der Waals surface area (Å²) in [6, 6.07) is 2.99. The molecule has 0 unspecified atom stereocenters. The molecule has 6 nitrogen and oxygen atoms in total. The number of carboxylic acid groups (broad SMARTS) is 1. The Kier molecular flexibility index (Phi) is 5.49. The van der Waals surface area contributed by atoms with Crippen molar-refractivity contribution in [3.63, 3.8) is 0 Å². The minimum atomic E-state index is -0.865. The first kappa shape index (κ1) is 18.0. The van der Waals surface area contributed by atoms with E-state index >= 15 is 0 Å². The van der Waals surface area contributed by atoms with Crippen LogP contribution in [0.5, 0.6) is 11.5 Å². The van der Waals surface area contributed by atoms with Crippen LogP contribution < -0.4 is 9.47 Å². The molecular formula is C19H28N2O4. The van der Waals surface area contributed by atoms with Crippen molar-refractivity contribution in [3.8, 4) is 11.5 Å². The van der Waals surface area contributed by atoms with Crippen LogP contribution in [0.2, 0.25) is 0 Å². The fourth-order valence-corrected chi connectivity index (χ4v) is 3.67. The molecule has 0 spiro atoms. The van der Waals surface area contributed by atoms with E-state index < -0.39 is 12.0 Å². The summed E-state index contributed by atoms with van der Waals surface area (Å²) in [6.45, 7) is 6.41. The summed E-state index contributed by atoms with van der Waals surface area (Å²) >= 11 is 0. The van der Waals surface area contributed by atoms with E-state index in [1.54, 1.807) is 14.2 Å². The van der Waals surface area contributed by atoms with Crippen LogP contribution in [0.15, 0.2) is 12.1 Å². The third-order valence-corrected chi connectivity index (χ3v) is 5.18. The molecule has 0 bridgehead atoms. The number of rotatable bonds is 7. The summed E-state index contributed by atoms with van der Waals surface area (Å²) in [7, 11) is 3.15. The molecule has 6 heteroatoms. The molecule has 1 aromatic carbocycles. The number of carboxylic acids is 1. The largest absolute Gasteiger partial charge is 0.496 e. The van der Waals surface area contributed by atoms with Crippen molar-refractivity contribution in [1.82, 2.24) is 9.80 Å². The molecule has 1 aromatic rings. The van der Waals surface area contributed by atoms with Gasteiger partial charge in [0.05, 0.1) is 19.8 Å². The highest BCUT2D eigenvalue weighted by Gasteiger charge is 2.35. The van der Waals surface area contributed by atoms with Crippen molar-refractivity contribution in [2.75, 3.05) is 46.9 Å². The molecule has 1 atom stereocenters. The summed E-state index contributed by atoms with van der Waals surface area (Å²) in [4.78, 5) is 16.6. The first-order valence-electron chi connectivity index (χ1n) is 8.95. The first-order valence-corrected chi connectivity index (χ1v) is 8.95. The zero-order valence-electron chi connectivity index (χ0n) is 15.3. The molecule has 1 aliphatic carbocycles. The van der Waals surface area contributed by atoms with E-state index in [9.17, 15) is 9.90 Å². The number of aliphatic carboxylic acids is 1. The summed E-state index contributed by atoms with van der Waals surface area (Å²) in [5, 5.41) is 9.94. The minimum absolute atomic E-state index is 0.574. The van der Waals surface area contributed by atoms with Crippen LogP contribution in [-0.4, -0.2) is 67.8 Å². The van der Waals surface area contributed by atoms with E-state index in [0.717, 1.165) is 44.2 Å². The van der Waals surface area contributed by atoms with E-state index in [0.29, 0.717) is 17.1 Å². The molecule has 0 radical (unpaired) electrons. The predicted octanol–water partition coefficient (Wildman–Crippen LogP) is 2.17. The zero-order chi connectivity index (χ0) is 18.0. The number of benzene rings is 1. The van der Waals surface area contributed by atoms with Gasteiger partial charge in [0.15, 0.2) is 0 Å². The van der Waals surface area contributed by atoms with Crippen molar-refractivity contribution >= 4 is 5.97 Å². The standard InChI is InChI=1S/C19H28N2O4/c1-13-10-15(24-2)17(16(11-13)25-3)18(19(22)23)21-8-6-20(7-9-21)12-14-4-5-14/h10-11,14,18H,4-9,12H2,1-3H3,(H,22,23)/t18-/m1/s1. The molecule has 1 saturated carbocycles. The number of hydrogen-bond donors (Lipinski definition) is 1. The molecule has 0 amide bonds. The molecule has 3 rings (SSSR count). The Morgan fingerprint density at radius 1 is 1.16 bits per heavy atom. The van der Waals surface area contributed by atoms with Crippen LogP contribution >= 0.6 is 0 Å². The molecule has 0 aromatic heterocycles. The van der Waals surface area contributed by atoms with Gasteiger partial charge in [-0.25, -0.2) is 0 Å². The fraction of sp³-hybridized carbons (Fsp3) is 0.632. The topological polar surface area (TPSA) is 62.2 Å². The van der Waals surface area contributed by atoms with Crippen LogP contribution in [0.4, 0.5) is 0 Å². The maximum absolute atomic E-state index is 12.1. The van der Waals surface area contributed by atoms with Gasteiger partial charge in [-0.3, -0.25) is 9.69 Å². The van der Waals surface area contributed by atoms with Crippen molar-refractivity contribution in [1.29, 1.82) is 0 Å². The highest BCUT2D eigenvalue weighted by Crippen LogP contribution is 2.39. The van der Waals surface area contributed by atoms with Crippen molar-refractivity contribution in [2.45, 2.75) is 25.8 Å². The van der Waals surface area contributed by atoms with E-state index in [1.807, 2.05) is 24.0 Å². The minimum Gasteiger partial charge on any atom is -0.496 e. The molecule has 1 saturated heterocycles. The van der Waals surface area contributed by atoms with Gasteiger partial charge in [-0.2, -0.15) is 0 Å². The lowest BCUT2D eigenvalue weighted by Crippen LogP contribution is -2.49. The van der Waals surface area contributed by atoms with Crippen molar-refractivity contribution in [2.24, 2.45) is 5.92 Å². The van der Waals surface area contributed by atoms with Crippen molar-refractivity contribution in [3.05, 3.63) is 23.3 Å². The van der Waals surface area contributed by atoms with Crippen LogP contribution in [0.3, 0.4) is 0 Å². The van der Waals surface area contributed by atoms with Gasteiger partial charge in [-0.1, -0.05) is 0 Å². The average Bonchev–Trinajstić information content (AvgIpc) is 3.41. The average molecular weight is 348 g/mol. The lowest BCUT2D eigenvalue weighted by Gasteiger charge is -2.38. The second-order valence-corrected chi connectivity index (χ2v) is 7.10. The molecule has 138 valence electrons. The lowest BCUT2D eigenvalue weighted by atomic mass is 9.99. The molecule has 1 aliphatic heterocycles. The second-order valence-electron chi connectivity index (χ2n) is 7.10.